The fourth-order valence-corrected chi connectivity index (χ4v) is 3.12. The number of aromatic hydroxyl groups is 2. The van der Waals surface area contributed by atoms with Gasteiger partial charge in [-0.05, 0) is 48.5 Å². The molecule has 2 N–H and O–H groups in total. The summed E-state index contributed by atoms with van der Waals surface area (Å²) < 4.78 is 0. The Morgan fingerprint density at radius 1 is 0.677 bits per heavy atom. The Morgan fingerprint density at radius 3 is 1.90 bits per heavy atom. The van der Waals surface area contributed by atoms with Crippen LogP contribution in [0.25, 0.3) is 0 Å². The van der Waals surface area contributed by atoms with Gasteiger partial charge in [-0.3, -0.25) is 9.97 Å². The van der Waals surface area contributed by atoms with Gasteiger partial charge in [0.2, 0.25) is 0 Å². The quantitative estimate of drug-likeness (QED) is 0.391. The third-order valence-corrected chi connectivity index (χ3v) is 4.60. The van der Waals surface area contributed by atoms with Crippen LogP contribution in [0.1, 0.15) is 11.4 Å². The lowest BCUT2D eigenvalue weighted by Crippen LogP contribution is -2.23. The lowest BCUT2D eigenvalue weighted by atomic mass is 10.2. The standard InChI is InChI=1S/C24H21N5O2/c30-20-11-12-22(24(31)15-20)28-27-21-9-1-2-10-23(21)29(16-18-7-3-5-13-25-18)17-19-8-4-6-14-26-19/h1-15,30-31H,16-17H2/b28-27+. The Morgan fingerprint density at radius 2 is 1.29 bits per heavy atom. The van der Waals surface area contributed by atoms with Gasteiger partial charge in [0.1, 0.15) is 22.9 Å². The lowest BCUT2D eigenvalue weighted by molar-refractivity contribution is 0.451. The van der Waals surface area contributed by atoms with Crippen LogP contribution in [-0.4, -0.2) is 20.2 Å². The van der Waals surface area contributed by atoms with E-state index in [0.29, 0.717) is 18.8 Å². The number of anilines is 1. The summed E-state index contributed by atoms with van der Waals surface area (Å²) in [4.78, 5) is 11.0. The SMILES string of the molecule is Oc1ccc(/N=N/c2ccccc2N(Cc2ccccn2)Cc2ccccn2)c(O)c1. The van der Waals surface area contributed by atoms with Crippen molar-refractivity contribution in [1.82, 2.24) is 9.97 Å². The molecule has 7 nitrogen and oxygen atoms in total. The number of nitrogens with zero attached hydrogens (tertiary/aromatic N) is 5. The Kier molecular flexibility index (Phi) is 6.13. The summed E-state index contributed by atoms with van der Waals surface area (Å²) in [5.41, 5.74) is 3.61. The van der Waals surface area contributed by atoms with Gasteiger partial charge in [-0.15, -0.1) is 10.2 Å². The zero-order valence-electron chi connectivity index (χ0n) is 16.7. The summed E-state index contributed by atoms with van der Waals surface area (Å²) >= 11 is 0. The van der Waals surface area contributed by atoms with Crippen LogP contribution in [0.3, 0.4) is 0 Å². The second kappa shape index (κ2) is 9.49. The molecule has 0 aliphatic carbocycles. The number of aromatic nitrogens is 2. The normalized spacial score (nSPS) is 11.0. The molecule has 0 unspecified atom stereocenters. The van der Waals surface area contributed by atoms with Gasteiger partial charge in [0.05, 0.1) is 30.2 Å². The maximum absolute atomic E-state index is 10.00. The van der Waals surface area contributed by atoms with Crippen LogP contribution in [0.15, 0.2) is 101 Å². The zero-order chi connectivity index (χ0) is 21.5. The number of para-hydroxylation sites is 1. The molecule has 31 heavy (non-hydrogen) atoms. The molecule has 0 spiro atoms. The second-order valence-electron chi connectivity index (χ2n) is 6.86. The van der Waals surface area contributed by atoms with Crippen molar-refractivity contribution in [3.63, 3.8) is 0 Å². The van der Waals surface area contributed by atoms with E-state index in [9.17, 15) is 10.2 Å². The van der Waals surface area contributed by atoms with Gasteiger partial charge < -0.3 is 15.1 Å². The zero-order valence-corrected chi connectivity index (χ0v) is 16.7. The smallest absolute Gasteiger partial charge is 0.146 e. The minimum Gasteiger partial charge on any atom is -0.508 e. The third-order valence-electron chi connectivity index (χ3n) is 4.60. The molecule has 154 valence electrons. The Bertz CT molecular complexity index is 1130. The molecule has 4 aromatic rings. The molecule has 4 rings (SSSR count). The maximum atomic E-state index is 10.00. The minimum atomic E-state index is -0.139. The molecule has 0 aliphatic rings. The van der Waals surface area contributed by atoms with Crippen molar-refractivity contribution in [3.05, 3.63) is 103 Å². The van der Waals surface area contributed by atoms with E-state index >= 15 is 0 Å². The van der Waals surface area contributed by atoms with E-state index in [-0.39, 0.29) is 17.2 Å². The number of hydrogen-bond acceptors (Lipinski definition) is 7. The predicted octanol–water partition coefficient (Wildman–Crippen LogP) is 5.51. The number of phenols is 2. The second-order valence-corrected chi connectivity index (χ2v) is 6.86. The first-order chi connectivity index (χ1) is 15.2. The maximum Gasteiger partial charge on any atom is 0.146 e. The summed E-state index contributed by atoms with van der Waals surface area (Å²) in [6.45, 7) is 1.13. The van der Waals surface area contributed by atoms with E-state index in [1.165, 1.54) is 18.2 Å². The van der Waals surface area contributed by atoms with E-state index in [2.05, 4.69) is 25.1 Å². The van der Waals surface area contributed by atoms with Crippen molar-refractivity contribution >= 4 is 17.1 Å². The average molecular weight is 411 g/mol. The highest BCUT2D eigenvalue weighted by molar-refractivity contribution is 5.67. The van der Waals surface area contributed by atoms with Crippen LogP contribution in [0.4, 0.5) is 17.1 Å². The van der Waals surface area contributed by atoms with E-state index in [1.807, 2.05) is 60.7 Å². The molecule has 2 aromatic heterocycles. The van der Waals surface area contributed by atoms with Gasteiger partial charge in [-0.2, -0.15) is 0 Å². The van der Waals surface area contributed by atoms with Crippen LogP contribution >= 0.6 is 0 Å². The van der Waals surface area contributed by atoms with Crippen molar-refractivity contribution in [2.75, 3.05) is 4.90 Å². The summed E-state index contributed by atoms with van der Waals surface area (Å²) in [7, 11) is 0. The molecular weight excluding hydrogens is 390 g/mol. The van der Waals surface area contributed by atoms with E-state index in [1.54, 1.807) is 12.4 Å². The first kappa shape index (κ1) is 20.0. The molecule has 7 heteroatoms. The van der Waals surface area contributed by atoms with E-state index < -0.39 is 0 Å². The largest absolute Gasteiger partial charge is 0.508 e. The molecule has 0 fully saturated rings. The highest BCUT2D eigenvalue weighted by atomic mass is 16.3. The molecule has 0 amide bonds. The first-order valence-corrected chi connectivity index (χ1v) is 9.76. The molecule has 2 heterocycles. The van der Waals surface area contributed by atoms with Crippen LogP contribution in [0.5, 0.6) is 11.5 Å². The average Bonchev–Trinajstić information content (AvgIpc) is 2.80. The lowest BCUT2D eigenvalue weighted by Gasteiger charge is -2.25. The summed E-state index contributed by atoms with van der Waals surface area (Å²) in [6.07, 6.45) is 3.54. The van der Waals surface area contributed by atoms with Crippen molar-refractivity contribution in [1.29, 1.82) is 0 Å². The fourth-order valence-electron chi connectivity index (χ4n) is 3.12. The van der Waals surface area contributed by atoms with Crippen molar-refractivity contribution in [3.8, 4) is 11.5 Å². The van der Waals surface area contributed by atoms with Gasteiger partial charge in [0, 0.05) is 18.5 Å². The van der Waals surface area contributed by atoms with Crippen LogP contribution in [0, 0.1) is 0 Å². The first-order valence-electron chi connectivity index (χ1n) is 9.76. The highest BCUT2D eigenvalue weighted by Gasteiger charge is 2.14. The molecule has 0 saturated carbocycles. The van der Waals surface area contributed by atoms with Crippen molar-refractivity contribution in [2.45, 2.75) is 13.1 Å². The highest BCUT2D eigenvalue weighted by Crippen LogP contribution is 2.35. The molecule has 0 bridgehead atoms. The van der Waals surface area contributed by atoms with Crippen LogP contribution < -0.4 is 4.90 Å². The minimum absolute atomic E-state index is 0.0336. The van der Waals surface area contributed by atoms with Crippen LogP contribution in [0.2, 0.25) is 0 Å². The number of benzene rings is 2. The molecule has 2 aromatic carbocycles. The van der Waals surface area contributed by atoms with E-state index in [4.69, 9.17) is 0 Å². The van der Waals surface area contributed by atoms with Crippen LogP contribution in [-0.2, 0) is 13.1 Å². The van der Waals surface area contributed by atoms with Crippen molar-refractivity contribution in [2.24, 2.45) is 10.2 Å². The summed E-state index contributed by atoms with van der Waals surface area (Å²) in [6, 6.07) is 23.5. The predicted molar refractivity (Wildman–Crippen MR) is 119 cm³/mol. The number of hydrogen-bond donors (Lipinski definition) is 2. The Balaban J connectivity index is 1.68. The van der Waals surface area contributed by atoms with Gasteiger partial charge >= 0.3 is 0 Å². The van der Waals surface area contributed by atoms with E-state index in [0.717, 1.165) is 17.1 Å². The molecule has 0 aliphatic heterocycles. The molecule has 0 atom stereocenters. The topological polar surface area (TPSA) is 94.2 Å². The number of phenolic OH excluding ortho intramolecular Hbond substituents is 2. The van der Waals surface area contributed by atoms with Crippen molar-refractivity contribution < 1.29 is 10.2 Å². The Hall–Kier alpha value is -4.26. The monoisotopic (exact) mass is 411 g/mol. The number of pyridine rings is 2. The van der Waals surface area contributed by atoms with Gasteiger partial charge in [-0.25, -0.2) is 0 Å². The van der Waals surface area contributed by atoms with Gasteiger partial charge in [0.25, 0.3) is 0 Å². The Labute approximate surface area is 180 Å². The third kappa shape index (κ3) is 5.22. The number of azo groups is 1. The molecular formula is C24H21N5O2. The van der Waals surface area contributed by atoms with Gasteiger partial charge in [-0.1, -0.05) is 24.3 Å². The fraction of sp³-hybridized carbons (Fsp3) is 0.0833. The molecule has 0 saturated heterocycles. The number of rotatable bonds is 7. The van der Waals surface area contributed by atoms with Gasteiger partial charge in [0.15, 0.2) is 0 Å². The molecule has 0 radical (unpaired) electrons. The summed E-state index contributed by atoms with van der Waals surface area (Å²) in [5, 5.41) is 28.0. The summed E-state index contributed by atoms with van der Waals surface area (Å²) in [5.74, 6) is -0.172.